The van der Waals surface area contributed by atoms with Crippen LogP contribution in [0.15, 0.2) is 0 Å². The van der Waals surface area contributed by atoms with Crippen LogP contribution < -0.4 is 0 Å². The quantitative estimate of drug-likeness (QED) is 0.198. The van der Waals surface area contributed by atoms with E-state index in [1.165, 1.54) is 89.9 Å². The molecule has 0 aromatic heterocycles. The first-order chi connectivity index (χ1) is 17.3. The highest BCUT2D eigenvalue weighted by atomic mass is 16.5. The molecule has 0 N–H and O–H groups in total. The fourth-order valence-electron chi connectivity index (χ4n) is 9.82. The first-order valence-corrected chi connectivity index (χ1v) is 16.0. The molecule has 0 aromatic carbocycles. The van der Waals surface area contributed by atoms with Gasteiger partial charge in [0.1, 0.15) is 11.9 Å². The van der Waals surface area contributed by atoms with Crippen LogP contribution in [0.3, 0.4) is 0 Å². The van der Waals surface area contributed by atoms with Crippen LogP contribution in [-0.2, 0) is 14.3 Å². The molecular formula is C33H56O3. The monoisotopic (exact) mass is 500 g/mol. The van der Waals surface area contributed by atoms with E-state index < -0.39 is 0 Å². The van der Waals surface area contributed by atoms with Crippen LogP contribution in [0.2, 0.25) is 0 Å². The summed E-state index contributed by atoms with van der Waals surface area (Å²) in [5.74, 6) is 3.84. The number of hydrogen-bond acceptors (Lipinski definition) is 3. The van der Waals surface area contributed by atoms with E-state index >= 15 is 0 Å². The van der Waals surface area contributed by atoms with Crippen LogP contribution in [0.5, 0.6) is 0 Å². The zero-order chi connectivity index (χ0) is 25.8. The molecule has 3 heteroatoms. The van der Waals surface area contributed by atoms with Crippen molar-refractivity contribution in [3.63, 3.8) is 0 Å². The maximum atomic E-state index is 12.6. The van der Waals surface area contributed by atoms with Gasteiger partial charge in [0, 0.05) is 12.3 Å². The van der Waals surface area contributed by atoms with Crippen molar-refractivity contribution in [1.82, 2.24) is 0 Å². The Hall–Kier alpha value is -0.860. The Bertz CT molecular complexity index is 745. The molecule has 0 bridgehead atoms. The topological polar surface area (TPSA) is 43.4 Å². The summed E-state index contributed by atoms with van der Waals surface area (Å²) in [7, 11) is 0. The van der Waals surface area contributed by atoms with E-state index in [4.69, 9.17) is 4.74 Å². The molecule has 8 atom stereocenters. The molecule has 0 radical (unpaired) electrons. The number of hydrogen-bond donors (Lipinski definition) is 0. The average molecular weight is 501 g/mol. The number of ether oxygens (including phenoxy) is 1. The molecule has 36 heavy (non-hydrogen) atoms. The first kappa shape index (κ1) is 28.2. The Morgan fingerprint density at radius 3 is 2.08 bits per heavy atom. The third-order valence-electron chi connectivity index (χ3n) is 11.9. The third-order valence-corrected chi connectivity index (χ3v) is 11.9. The van der Waals surface area contributed by atoms with Gasteiger partial charge in [-0.3, -0.25) is 9.59 Å². The summed E-state index contributed by atoms with van der Waals surface area (Å²) in [6, 6.07) is 0. The standard InChI is InChI=1S/C33H56O3/c1-5-6-7-8-9-10-11-12-13-14-31(35)36-26-19-21-32(3)25(23-26)15-16-27-29-18-17-28(24(2)34)33(29,4)22-20-30(27)32/h25-30H,5-23H2,1-4H3/t25-,26-,27-,28+,29-,30-,32-,33+/m0/s1. The van der Waals surface area contributed by atoms with E-state index in [9.17, 15) is 9.59 Å². The predicted octanol–water partition coefficient (Wildman–Crippen LogP) is 9.07. The number of Topliss-reactive ketones (excluding diaryl/α,β-unsaturated/α-hetero) is 1. The van der Waals surface area contributed by atoms with Gasteiger partial charge in [-0.1, -0.05) is 72.1 Å². The van der Waals surface area contributed by atoms with Crippen LogP contribution in [0, 0.1) is 40.4 Å². The van der Waals surface area contributed by atoms with Gasteiger partial charge in [0.25, 0.3) is 0 Å². The molecule has 206 valence electrons. The molecule has 3 nitrogen and oxygen atoms in total. The van der Waals surface area contributed by atoms with Crippen molar-refractivity contribution in [2.45, 2.75) is 156 Å². The number of carbonyl (C=O) groups is 2. The lowest BCUT2D eigenvalue weighted by atomic mass is 9.44. The number of fused-ring (bicyclic) bond motifs is 5. The highest BCUT2D eigenvalue weighted by molar-refractivity contribution is 5.79. The number of rotatable bonds is 12. The third kappa shape index (κ3) is 5.90. The second-order valence-corrected chi connectivity index (χ2v) is 13.9. The highest BCUT2D eigenvalue weighted by Gasteiger charge is 2.60. The minimum absolute atomic E-state index is 0.0508. The van der Waals surface area contributed by atoms with E-state index in [0.29, 0.717) is 29.5 Å². The van der Waals surface area contributed by atoms with Crippen molar-refractivity contribution >= 4 is 11.8 Å². The molecule has 4 aliphatic rings. The smallest absolute Gasteiger partial charge is 0.306 e. The van der Waals surface area contributed by atoms with Gasteiger partial charge in [0.05, 0.1) is 0 Å². The van der Waals surface area contributed by atoms with Crippen LogP contribution in [0.25, 0.3) is 0 Å². The Balaban J connectivity index is 1.20. The summed E-state index contributed by atoms with van der Waals surface area (Å²) in [6.07, 6.45) is 23.2. The SMILES string of the molecule is CCCCCCCCCCCC(=O)O[C@H]1CC[C@@]2(C)[C@@H](CC[C@@H]3[C@@H]2CC[C@]2(C)[C@@H](C(C)=O)CC[C@@H]32)C1. The van der Waals surface area contributed by atoms with Gasteiger partial charge in [0.2, 0.25) is 0 Å². The summed E-state index contributed by atoms with van der Waals surface area (Å²) in [4.78, 5) is 25.0. The lowest BCUT2D eigenvalue weighted by Gasteiger charge is -2.61. The fraction of sp³-hybridized carbons (Fsp3) is 0.939. The van der Waals surface area contributed by atoms with Gasteiger partial charge in [-0.25, -0.2) is 0 Å². The van der Waals surface area contributed by atoms with E-state index in [1.54, 1.807) is 0 Å². The number of unbranched alkanes of at least 4 members (excludes halogenated alkanes) is 8. The first-order valence-electron chi connectivity index (χ1n) is 16.0. The fourth-order valence-corrected chi connectivity index (χ4v) is 9.82. The van der Waals surface area contributed by atoms with Gasteiger partial charge >= 0.3 is 5.97 Å². The number of ketones is 1. The minimum Gasteiger partial charge on any atom is -0.462 e. The van der Waals surface area contributed by atoms with Crippen molar-refractivity contribution in [3.8, 4) is 0 Å². The van der Waals surface area contributed by atoms with Gasteiger partial charge in [-0.15, -0.1) is 0 Å². The van der Waals surface area contributed by atoms with Gasteiger partial charge in [-0.05, 0) is 106 Å². The molecule has 4 fully saturated rings. The molecule has 0 amide bonds. The predicted molar refractivity (Wildman–Crippen MR) is 148 cm³/mol. The Labute approximate surface area is 222 Å². The molecule has 4 saturated carbocycles. The molecule has 4 aliphatic carbocycles. The second kappa shape index (κ2) is 12.3. The Kier molecular flexibility index (Phi) is 9.64. The van der Waals surface area contributed by atoms with Crippen LogP contribution in [0.1, 0.15) is 150 Å². The molecule has 4 rings (SSSR count). The van der Waals surface area contributed by atoms with Crippen LogP contribution in [-0.4, -0.2) is 17.9 Å². The summed E-state index contributed by atoms with van der Waals surface area (Å²) >= 11 is 0. The summed E-state index contributed by atoms with van der Waals surface area (Å²) in [5, 5.41) is 0. The van der Waals surface area contributed by atoms with Gasteiger partial charge < -0.3 is 4.74 Å². The minimum atomic E-state index is 0.0508. The van der Waals surface area contributed by atoms with E-state index in [1.807, 2.05) is 6.92 Å². The summed E-state index contributed by atoms with van der Waals surface area (Å²) in [5.41, 5.74) is 0.649. The van der Waals surface area contributed by atoms with Crippen molar-refractivity contribution in [2.75, 3.05) is 0 Å². The van der Waals surface area contributed by atoms with Crippen molar-refractivity contribution in [2.24, 2.45) is 40.4 Å². The zero-order valence-electron chi connectivity index (χ0n) is 24.1. The van der Waals surface area contributed by atoms with Crippen molar-refractivity contribution < 1.29 is 14.3 Å². The molecule has 0 aliphatic heterocycles. The van der Waals surface area contributed by atoms with Crippen molar-refractivity contribution in [1.29, 1.82) is 0 Å². The molecule has 0 spiro atoms. The molecule has 0 aromatic rings. The second-order valence-electron chi connectivity index (χ2n) is 13.9. The van der Waals surface area contributed by atoms with E-state index in [2.05, 4.69) is 20.8 Å². The Morgan fingerprint density at radius 2 is 1.39 bits per heavy atom. The Morgan fingerprint density at radius 1 is 0.750 bits per heavy atom. The lowest BCUT2D eigenvalue weighted by molar-refractivity contribution is -0.163. The lowest BCUT2D eigenvalue weighted by Crippen LogP contribution is -2.54. The van der Waals surface area contributed by atoms with Crippen molar-refractivity contribution in [3.05, 3.63) is 0 Å². The molecule has 0 saturated heterocycles. The molecule has 0 unspecified atom stereocenters. The maximum Gasteiger partial charge on any atom is 0.306 e. The van der Waals surface area contributed by atoms with Gasteiger partial charge in [-0.2, -0.15) is 0 Å². The highest BCUT2D eigenvalue weighted by Crippen LogP contribution is 2.67. The van der Waals surface area contributed by atoms with E-state index in [-0.39, 0.29) is 17.5 Å². The molecular weight excluding hydrogens is 444 g/mol. The van der Waals surface area contributed by atoms with Crippen LogP contribution in [0.4, 0.5) is 0 Å². The summed E-state index contributed by atoms with van der Waals surface area (Å²) in [6.45, 7) is 9.13. The van der Waals surface area contributed by atoms with Gasteiger partial charge in [0.15, 0.2) is 0 Å². The zero-order valence-corrected chi connectivity index (χ0v) is 24.1. The van der Waals surface area contributed by atoms with Crippen LogP contribution >= 0.6 is 0 Å². The number of esters is 1. The normalized spacial score (nSPS) is 39.7. The average Bonchev–Trinajstić information content (AvgIpc) is 3.21. The largest absolute Gasteiger partial charge is 0.462 e. The van der Waals surface area contributed by atoms with E-state index in [0.717, 1.165) is 43.4 Å². The number of carbonyl (C=O) groups excluding carboxylic acids is 2. The maximum absolute atomic E-state index is 12.6. The molecule has 0 heterocycles. The summed E-state index contributed by atoms with van der Waals surface area (Å²) < 4.78 is 6.04.